The van der Waals surface area contributed by atoms with Crippen molar-refractivity contribution >= 4 is 0 Å². The highest BCUT2D eigenvalue weighted by molar-refractivity contribution is 5.43. The second kappa shape index (κ2) is 5.19. The van der Waals surface area contributed by atoms with E-state index in [9.17, 15) is 4.39 Å². The van der Waals surface area contributed by atoms with E-state index in [2.05, 4.69) is 6.92 Å². The molecule has 0 bridgehead atoms. The molecule has 1 rings (SSSR count). The summed E-state index contributed by atoms with van der Waals surface area (Å²) in [4.78, 5) is 0. The lowest BCUT2D eigenvalue weighted by molar-refractivity contribution is 0.118. The van der Waals surface area contributed by atoms with Crippen LogP contribution in [0.4, 0.5) is 4.39 Å². The minimum atomic E-state index is -1.34. The summed E-state index contributed by atoms with van der Waals surface area (Å²) in [6.07, 6.45) is 0.936. The molecule has 0 N–H and O–H groups in total. The maximum atomic E-state index is 13.3. The molecular formula is C13H19FO2. The van der Waals surface area contributed by atoms with Gasteiger partial charge >= 0.3 is 0 Å². The first-order chi connectivity index (χ1) is 7.46. The van der Waals surface area contributed by atoms with Crippen LogP contribution in [0.5, 0.6) is 11.5 Å². The topological polar surface area (TPSA) is 18.5 Å². The number of halogens is 1. The molecule has 0 unspecified atom stereocenters. The van der Waals surface area contributed by atoms with Crippen LogP contribution >= 0.6 is 0 Å². The molecule has 0 aliphatic carbocycles. The molecule has 0 amide bonds. The maximum Gasteiger partial charge on any atom is 0.161 e. The lowest BCUT2D eigenvalue weighted by Crippen LogP contribution is -2.22. The third kappa shape index (κ3) is 3.72. The number of hydrogen-bond acceptors (Lipinski definition) is 2. The molecule has 1 aromatic carbocycles. The van der Waals surface area contributed by atoms with Crippen molar-refractivity contribution in [2.24, 2.45) is 0 Å². The van der Waals surface area contributed by atoms with Crippen LogP contribution in [0, 0.1) is 0 Å². The molecule has 16 heavy (non-hydrogen) atoms. The lowest BCUT2D eigenvalue weighted by Gasteiger charge is -2.17. The Morgan fingerprint density at radius 3 is 2.44 bits per heavy atom. The van der Waals surface area contributed by atoms with Gasteiger partial charge in [0.15, 0.2) is 11.5 Å². The Bertz CT molecular complexity index is 342. The number of alkyl halides is 1. The van der Waals surface area contributed by atoms with E-state index in [0.29, 0.717) is 11.5 Å². The molecule has 0 saturated heterocycles. The number of benzene rings is 1. The van der Waals surface area contributed by atoms with Crippen molar-refractivity contribution in [1.29, 1.82) is 0 Å². The van der Waals surface area contributed by atoms with E-state index in [0.717, 1.165) is 6.42 Å². The fourth-order valence-corrected chi connectivity index (χ4v) is 1.30. The standard InChI is InChI=1S/C13H19FO2/c1-5-10-6-7-11(12(8-10)15-4)16-9-13(2,3)14/h6-8H,5,9H2,1-4H3. The Balaban J connectivity index is 2.79. The maximum absolute atomic E-state index is 13.3. The van der Waals surface area contributed by atoms with Gasteiger partial charge in [-0.1, -0.05) is 13.0 Å². The third-order valence-electron chi connectivity index (χ3n) is 2.21. The van der Waals surface area contributed by atoms with Crippen molar-refractivity contribution in [3.05, 3.63) is 23.8 Å². The first-order valence-electron chi connectivity index (χ1n) is 5.45. The summed E-state index contributed by atoms with van der Waals surface area (Å²) in [7, 11) is 1.59. The van der Waals surface area contributed by atoms with Gasteiger partial charge in [0.05, 0.1) is 7.11 Å². The van der Waals surface area contributed by atoms with Crippen LogP contribution in [0.2, 0.25) is 0 Å². The van der Waals surface area contributed by atoms with Crippen molar-refractivity contribution < 1.29 is 13.9 Å². The summed E-state index contributed by atoms with van der Waals surface area (Å²) < 4.78 is 23.9. The fourth-order valence-electron chi connectivity index (χ4n) is 1.30. The summed E-state index contributed by atoms with van der Waals surface area (Å²) in [6, 6.07) is 5.70. The predicted molar refractivity (Wildman–Crippen MR) is 63.1 cm³/mol. The summed E-state index contributed by atoms with van der Waals surface area (Å²) in [6.45, 7) is 5.06. The zero-order valence-electron chi connectivity index (χ0n) is 10.3. The molecule has 0 saturated carbocycles. The van der Waals surface area contributed by atoms with Crippen LogP contribution in [0.1, 0.15) is 26.3 Å². The normalized spacial score (nSPS) is 11.3. The van der Waals surface area contributed by atoms with Crippen LogP contribution in [0.15, 0.2) is 18.2 Å². The van der Waals surface area contributed by atoms with Crippen molar-refractivity contribution in [3.8, 4) is 11.5 Å². The Hall–Kier alpha value is -1.25. The van der Waals surface area contributed by atoms with E-state index in [1.165, 1.54) is 19.4 Å². The zero-order valence-corrected chi connectivity index (χ0v) is 10.3. The van der Waals surface area contributed by atoms with Gasteiger partial charge in [-0.2, -0.15) is 0 Å². The molecular weight excluding hydrogens is 207 g/mol. The molecule has 0 aromatic heterocycles. The smallest absolute Gasteiger partial charge is 0.161 e. The van der Waals surface area contributed by atoms with Gasteiger partial charge in [0.2, 0.25) is 0 Å². The quantitative estimate of drug-likeness (QED) is 0.766. The van der Waals surface area contributed by atoms with Crippen LogP contribution in [-0.4, -0.2) is 19.4 Å². The van der Waals surface area contributed by atoms with E-state index < -0.39 is 5.67 Å². The fraction of sp³-hybridized carbons (Fsp3) is 0.538. The summed E-state index contributed by atoms with van der Waals surface area (Å²) in [5.74, 6) is 1.24. The van der Waals surface area contributed by atoms with E-state index in [-0.39, 0.29) is 6.61 Å². The minimum absolute atomic E-state index is 0.0227. The highest BCUT2D eigenvalue weighted by Crippen LogP contribution is 2.29. The Kier molecular flexibility index (Phi) is 4.16. The highest BCUT2D eigenvalue weighted by atomic mass is 19.1. The van der Waals surface area contributed by atoms with Gasteiger partial charge in [0.1, 0.15) is 12.3 Å². The molecule has 0 atom stereocenters. The third-order valence-corrected chi connectivity index (χ3v) is 2.21. The Morgan fingerprint density at radius 2 is 1.94 bits per heavy atom. The molecule has 0 aliphatic heterocycles. The predicted octanol–water partition coefficient (Wildman–Crippen LogP) is 3.38. The van der Waals surface area contributed by atoms with E-state index in [4.69, 9.17) is 9.47 Å². The minimum Gasteiger partial charge on any atom is -0.493 e. The van der Waals surface area contributed by atoms with Crippen molar-refractivity contribution in [2.45, 2.75) is 32.9 Å². The average Bonchev–Trinajstić information content (AvgIpc) is 2.25. The lowest BCUT2D eigenvalue weighted by atomic mass is 10.1. The molecule has 0 aliphatic rings. The van der Waals surface area contributed by atoms with Crippen molar-refractivity contribution in [1.82, 2.24) is 0 Å². The van der Waals surface area contributed by atoms with Gasteiger partial charge in [-0.3, -0.25) is 0 Å². The van der Waals surface area contributed by atoms with Gasteiger partial charge < -0.3 is 9.47 Å². The molecule has 2 nitrogen and oxygen atoms in total. The molecule has 1 aromatic rings. The van der Waals surface area contributed by atoms with Gasteiger partial charge in [-0.25, -0.2) is 4.39 Å². The monoisotopic (exact) mass is 226 g/mol. The van der Waals surface area contributed by atoms with Gasteiger partial charge in [0, 0.05) is 0 Å². The molecule has 0 heterocycles. The first kappa shape index (κ1) is 12.8. The molecule has 0 spiro atoms. The Morgan fingerprint density at radius 1 is 1.25 bits per heavy atom. The van der Waals surface area contributed by atoms with Crippen LogP contribution < -0.4 is 9.47 Å². The van der Waals surface area contributed by atoms with Crippen LogP contribution in [0.25, 0.3) is 0 Å². The molecule has 0 fully saturated rings. The van der Waals surface area contributed by atoms with Crippen molar-refractivity contribution in [2.75, 3.05) is 13.7 Å². The van der Waals surface area contributed by atoms with Gasteiger partial charge in [-0.15, -0.1) is 0 Å². The van der Waals surface area contributed by atoms with Crippen LogP contribution in [0.3, 0.4) is 0 Å². The number of ether oxygens (including phenoxy) is 2. The number of methoxy groups -OCH3 is 1. The second-order valence-electron chi connectivity index (χ2n) is 4.35. The molecule has 90 valence electrons. The molecule has 3 heteroatoms. The summed E-state index contributed by atoms with van der Waals surface area (Å²) in [5, 5.41) is 0. The highest BCUT2D eigenvalue weighted by Gasteiger charge is 2.17. The van der Waals surface area contributed by atoms with Crippen molar-refractivity contribution in [3.63, 3.8) is 0 Å². The van der Waals surface area contributed by atoms with Crippen LogP contribution in [-0.2, 0) is 6.42 Å². The van der Waals surface area contributed by atoms with E-state index in [1.807, 2.05) is 18.2 Å². The number of aryl methyl sites for hydroxylation is 1. The average molecular weight is 226 g/mol. The molecule has 0 radical (unpaired) electrons. The number of rotatable bonds is 5. The van der Waals surface area contributed by atoms with E-state index in [1.54, 1.807) is 7.11 Å². The van der Waals surface area contributed by atoms with Gasteiger partial charge in [0.25, 0.3) is 0 Å². The van der Waals surface area contributed by atoms with E-state index >= 15 is 0 Å². The summed E-state index contributed by atoms with van der Waals surface area (Å²) >= 11 is 0. The zero-order chi connectivity index (χ0) is 12.2. The largest absolute Gasteiger partial charge is 0.493 e. The van der Waals surface area contributed by atoms with Gasteiger partial charge in [-0.05, 0) is 38.0 Å². The second-order valence-corrected chi connectivity index (χ2v) is 4.35. The Labute approximate surface area is 96.4 Å². The SMILES string of the molecule is CCc1ccc(OCC(C)(C)F)c(OC)c1. The first-order valence-corrected chi connectivity index (χ1v) is 5.45. The summed E-state index contributed by atoms with van der Waals surface area (Å²) in [5.41, 5.74) is -0.169. The number of hydrogen-bond donors (Lipinski definition) is 0.